The molecule has 0 unspecified atom stereocenters. The summed E-state index contributed by atoms with van der Waals surface area (Å²) < 4.78 is 12.6. The molecule has 1 saturated heterocycles. The first-order chi connectivity index (χ1) is 20.0. The molecule has 1 fully saturated rings. The summed E-state index contributed by atoms with van der Waals surface area (Å²) in [5, 5.41) is 26.9. The molecule has 12 nitrogen and oxygen atoms in total. The monoisotopic (exact) mass is 595 g/mol. The number of esters is 1. The van der Waals surface area contributed by atoms with Gasteiger partial charge in [0.25, 0.3) is 0 Å². The Balaban J connectivity index is 0.00000368. The van der Waals surface area contributed by atoms with Crippen molar-refractivity contribution in [1.29, 1.82) is 0 Å². The van der Waals surface area contributed by atoms with E-state index < -0.39 is 47.0 Å². The van der Waals surface area contributed by atoms with Crippen molar-refractivity contribution in [2.24, 2.45) is 0 Å². The maximum Gasteiger partial charge on any atom is 0.334 e. The largest absolute Gasteiger partial charge is 0.481 e. The Bertz CT molecular complexity index is 1440. The van der Waals surface area contributed by atoms with Crippen molar-refractivity contribution in [3.05, 3.63) is 58.9 Å². The van der Waals surface area contributed by atoms with Crippen LogP contribution in [-0.2, 0) is 37.4 Å². The summed E-state index contributed by atoms with van der Waals surface area (Å²) in [6.07, 6.45) is 4.61. The highest BCUT2D eigenvalue weighted by Gasteiger charge is 2.71. The number of benzene rings is 1. The van der Waals surface area contributed by atoms with Crippen LogP contribution in [0, 0.1) is 6.92 Å². The van der Waals surface area contributed by atoms with Crippen LogP contribution in [0.2, 0.25) is 0 Å². The quantitative estimate of drug-likeness (QED) is 0.264. The topological polar surface area (TPSA) is 166 Å². The number of aromatic amines is 1. The molecule has 1 aromatic heterocycles. The van der Waals surface area contributed by atoms with Crippen molar-refractivity contribution in [2.75, 3.05) is 20.1 Å². The second-order valence-corrected chi connectivity index (χ2v) is 11.9. The van der Waals surface area contributed by atoms with E-state index in [1.807, 2.05) is 20.0 Å². The van der Waals surface area contributed by atoms with Gasteiger partial charge in [-0.3, -0.25) is 9.59 Å². The summed E-state index contributed by atoms with van der Waals surface area (Å²) in [5.41, 5.74) is 1.93. The number of carbonyl (C=O) groups is 3. The van der Waals surface area contributed by atoms with E-state index in [0.29, 0.717) is 30.7 Å². The Hall–Kier alpha value is -3.74. The number of aromatic nitrogens is 2. The maximum absolute atomic E-state index is 13.7. The normalized spacial score (nSPS) is 27.9. The van der Waals surface area contributed by atoms with Crippen molar-refractivity contribution in [3.63, 3.8) is 0 Å². The molecule has 2 aromatic rings. The van der Waals surface area contributed by atoms with Crippen LogP contribution in [0.1, 0.15) is 56.0 Å². The molecule has 0 radical (unpaired) electrons. The number of nitrogens with one attached hydrogen (secondary N) is 3. The van der Waals surface area contributed by atoms with Gasteiger partial charge in [0.1, 0.15) is 23.7 Å². The summed E-state index contributed by atoms with van der Waals surface area (Å²) in [4.78, 5) is 47.3. The van der Waals surface area contributed by atoms with Crippen LogP contribution >= 0.6 is 0 Å². The van der Waals surface area contributed by atoms with Crippen LogP contribution in [0.3, 0.4) is 0 Å². The summed E-state index contributed by atoms with van der Waals surface area (Å²) >= 11 is 0. The fourth-order valence-electron chi connectivity index (χ4n) is 7.30. The number of likely N-dealkylation sites (N-methyl/N-ethyl adjacent to an activating group) is 1. The lowest BCUT2D eigenvalue weighted by Gasteiger charge is -2.61. The second-order valence-electron chi connectivity index (χ2n) is 11.9. The first-order valence-corrected chi connectivity index (χ1v) is 14.4. The zero-order valence-corrected chi connectivity index (χ0v) is 24.0. The molecule has 2 aliphatic heterocycles. The number of imidazole rings is 1. The minimum atomic E-state index is -1.19. The van der Waals surface area contributed by atoms with Crippen molar-refractivity contribution in [1.82, 2.24) is 25.5 Å². The minimum Gasteiger partial charge on any atom is -0.481 e. The molecule has 43 heavy (non-hydrogen) atoms. The van der Waals surface area contributed by atoms with Crippen LogP contribution in [0.4, 0.5) is 0 Å². The van der Waals surface area contributed by atoms with Gasteiger partial charge in [-0.1, -0.05) is 19.6 Å². The summed E-state index contributed by atoms with van der Waals surface area (Å²) in [6.45, 7) is 4.09. The zero-order valence-electron chi connectivity index (χ0n) is 24.0. The number of rotatable bonds is 9. The predicted molar refractivity (Wildman–Crippen MR) is 156 cm³/mol. The van der Waals surface area contributed by atoms with Crippen LogP contribution < -0.4 is 15.4 Å². The van der Waals surface area contributed by atoms with E-state index in [0.717, 1.165) is 29.0 Å². The number of aliphatic hydroxyl groups excluding tert-OH is 1. The van der Waals surface area contributed by atoms with Crippen LogP contribution in [0.5, 0.6) is 5.75 Å². The molecular weight excluding hydrogens is 554 g/mol. The number of likely N-dealkylation sites (tertiary alicyclic amines) is 1. The summed E-state index contributed by atoms with van der Waals surface area (Å²) in [6, 6.07) is 3.00. The average Bonchev–Trinajstić information content (AvgIpc) is 3.59. The first-order valence-electron chi connectivity index (χ1n) is 14.4. The lowest BCUT2D eigenvalue weighted by molar-refractivity contribution is -0.170. The van der Waals surface area contributed by atoms with Crippen molar-refractivity contribution in [3.8, 4) is 5.75 Å². The third-order valence-corrected chi connectivity index (χ3v) is 9.42. The van der Waals surface area contributed by atoms with Gasteiger partial charge in [0.2, 0.25) is 11.8 Å². The lowest BCUT2D eigenvalue weighted by Crippen LogP contribution is -2.74. The van der Waals surface area contributed by atoms with Gasteiger partial charge in [-0.05, 0) is 57.5 Å². The predicted octanol–water partition coefficient (Wildman–Crippen LogP) is 0.790. The number of hydrogen-bond donors (Lipinski definition) is 5. The van der Waals surface area contributed by atoms with Gasteiger partial charge < -0.3 is 40.2 Å². The molecule has 1 spiro atoms. The third-order valence-electron chi connectivity index (χ3n) is 9.42. The number of nitrogens with zero attached hydrogens (tertiary/aromatic N) is 2. The van der Waals surface area contributed by atoms with Gasteiger partial charge >= 0.3 is 5.97 Å². The first kappa shape index (κ1) is 30.7. The molecule has 1 aromatic carbocycles. The van der Waals surface area contributed by atoms with Gasteiger partial charge in [0.15, 0.2) is 6.10 Å². The highest BCUT2D eigenvalue weighted by molar-refractivity contribution is 5.86. The molecule has 2 amide bonds. The summed E-state index contributed by atoms with van der Waals surface area (Å²) in [7, 11) is 2.04. The third kappa shape index (κ3) is 4.91. The van der Waals surface area contributed by atoms with Crippen molar-refractivity contribution >= 4 is 17.8 Å². The number of carbonyl (C=O) groups excluding carboxylic acids is 3. The van der Waals surface area contributed by atoms with E-state index in [-0.39, 0.29) is 32.9 Å². The Morgan fingerprint density at radius 1 is 1.33 bits per heavy atom. The van der Waals surface area contributed by atoms with E-state index in [1.54, 1.807) is 12.3 Å². The zero-order chi connectivity index (χ0) is 29.8. The number of piperidine rings is 1. The summed E-state index contributed by atoms with van der Waals surface area (Å²) in [5.74, 6) is -0.637. The molecule has 232 valence electrons. The Labute approximate surface area is 250 Å². The molecule has 2 aliphatic carbocycles. The number of hydrogen-bond acceptors (Lipinski definition) is 9. The van der Waals surface area contributed by atoms with E-state index in [9.17, 15) is 24.6 Å². The SMILES string of the molecule is C.Cc1ccc2c3c1O[C@H]1C(OC(=O)[C@H](Cc4cnc[nH]4)NC(=O)CCNC(=O)[C@H](C)O)=CC[C@@]4(O)[C@@H](C2)N(C)CC[C@]314. The molecule has 0 saturated carbocycles. The highest BCUT2D eigenvalue weighted by atomic mass is 16.6. The van der Waals surface area contributed by atoms with E-state index in [1.165, 1.54) is 13.3 Å². The van der Waals surface area contributed by atoms with E-state index >= 15 is 0 Å². The molecule has 12 heteroatoms. The standard InChI is InChI=1S/C30H37N5O7.CH4/c1-16-4-5-18-12-22-30(40)8-6-21(26-29(30,9-11-35(22)3)24(18)25(16)42-26)41-28(39)20(13-19-14-31-15-33-19)34-23(37)7-10-32-27(38)17(2)36;/h4-6,14-15,17,20,22,26,36,40H,7-13H2,1-3H3,(H,31,33)(H,32,38)(H,34,37);1H4/t17-,20-,22+,26-,29-,30+;/m0./s1. The smallest absolute Gasteiger partial charge is 0.334 e. The Kier molecular flexibility index (Phi) is 8.14. The number of amides is 2. The lowest BCUT2D eigenvalue weighted by atomic mass is 9.50. The van der Waals surface area contributed by atoms with Gasteiger partial charge in [-0.15, -0.1) is 0 Å². The fourth-order valence-corrected chi connectivity index (χ4v) is 7.30. The van der Waals surface area contributed by atoms with Crippen molar-refractivity contribution < 1.29 is 34.1 Å². The van der Waals surface area contributed by atoms with Crippen molar-refractivity contribution in [2.45, 2.75) is 88.7 Å². The molecule has 6 rings (SSSR count). The van der Waals surface area contributed by atoms with E-state index in [4.69, 9.17) is 9.47 Å². The van der Waals surface area contributed by atoms with Crippen LogP contribution in [0.15, 0.2) is 36.5 Å². The Morgan fingerprint density at radius 2 is 2.12 bits per heavy atom. The molecule has 3 heterocycles. The average molecular weight is 596 g/mol. The molecule has 2 bridgehead atoms. The minimum absolute atomic E-state index is 0. The van der Waals surface area contributed by atoms with Gasteiger partial charge in [0.05, 0.1) is 17.3 Å². The maximum atomic E-state index is 13.7. The highest BCUT2D eigenvalue weighted by Crippen LogP contribution is 2.64. The molecule has 6 atom stereocenters. The van der Waals surface area contributed by atoms with Crippen LogP contribution in [0.25, 0.3) is 0 Å². The number of ether oxygens (including phenoxy) is 2. The molecule has 5 N–H and O–H groups in total. The molecule has 4 aliphatic rings. The fraction of sp³-hybridized carbons (Fsp3) is 0.548. The number of aryl methyl sites for hydroxylation is 1. The Morgan fingerprint density at radius 3 is 2.84 bits per heavy atom. The van der Waals surface area contributed by atoms with Crippen LogP contribution in [-0.4, -0.2) is 92.9 Å². The second kappa shape index (κ2) is 11.4. The number of H-pyrrole nitrogens is 1. The molecular formula is C31H41N5O7. The van der Waals surface area contributed by atoms with Gasteiger partial charge in [0, 0.05) is 49.3 Å². The van der Waals surface area contributed by atoms with Gasteiger partial charge in [-0.2, -0.15) is 0 Å². The van der Waals surface area contributed by atoms with Gasteiger partial charge in [-0.25, -0.2) is 9.78 Å². The number of aliphatic hydroxyl groups is 2. The van der Waals surface area contributed by atoms with E-state index in [2.05, 4.69) is 31.6 Å².